The quantitative estimate of drug-likeness (QED) is 0.505. The fourth-order valence-corrected chi connectivity index (χ4v) is 3.30. The van der Waals surface area contributed by atoms with E-state index in [1.807, 2.05) is 0 Å². The van der Waals surface area contributed by atoms with E-state index in [-0.39, 0.29) is 23.4 Å². The van der Waals surface area contributed by atoms with E-state index in [2.05, 4.69) is 5.32 Å². The molecule has 1 aromatic carbocycles. The van der Waals surface area contributed by atoms with Crippen molar-refractivity contribution in [3.05, 3.63) is 79.4 Å². The van der Waals surface area contributed by atoms with Crippen LogP contribution in [0.25, 0.3) is 0 Å². The molecule has 0 saturated heterocycles. The number of nitrogens with one attached hydrogen (secondary N) is 1. The van der Waals surface area contributed by atoms with Crippen LogP contribution in [0.5, 0.6) is 0 Å². The molecule has 27 heavy (non-hydrogen) atoms. The number of non-ortho nitro benzene ring substituents is 1. The summed E-state index contributed by atoms with van der Waals surface area (Å²) in [5.74, 6) is -1.32. The van der Waals surface area contributed by atoms with Crippen LogP contribution in [0.1, 0.15) is 30.9 Å². The molecule has 1 aliphatic heterocycles. The van der Waals surface area contributed by atoms with E-state index >= 15 is 0 Å². The molecule has 140 valence electrons. The number of benzene rings is 1. The lowest BCUT2D eigenvalue weighted by atomic mass is 9.81. The summed E-state index contributed by atoms with van der Waals surface area (Å²) in [6.45, 7) is 3.59. The summed E-state index contributed by atoms with van der Waals surface area (Å²) in [5.41, 5.74) is 1.83. The van der Waals surface area contributed by atoms with Gasteiger partial charge in [0.25, 0.3) is 11.2 Å². The zero-order valence-corrected chi connectivity index (χ0v) is 15.2. The van der Waals surface area contributed by atoms with Crippen LogP contribution in [0.15, 0.2) is 52.6 Å². The van der Waals surface area contributed by atoms with Gasteiger partial charge in [-0.1, -0.05) is 12.1 Å². The highest BCUT2D eigenvalue weighted by Crippen LogP contribution is 2.41. The van der Waals surface area contributed by atoms with Gasteiger partial charge in [0.15, 0.2) is 0 Å². The molecule has 0 fully saturated rings. The van der Waals surface area contributed by atoms with Gasteiger partial charge in [-0.3, -0.25) is 14.9 Å². The number of pyridine rings is 1. The third-order valence-corrected chi connectivity index (χ3v) is 4.52. The molecular formula is C19H19N3O5. The Morgan fingerprint density at radius 2 is 2.11 bits per heavy atom. The van der Waals surface area contributed by atoms with Crippen LogP contribution >= 0.6 is 0 Å². The molecule has 0 saturated carbocycles. The average Bonchev–Trinajstić information content (AvgIpc) is 2.64. The second kappa shape index (κ2) is 7.06. The third-order valence-electron chi connectivity index (χ3n) is 4.52. The fraction of sp³-hybridized carbons (Fsp3) is 0.263. The Morgan fingerprint density at radius 3 is 2.78 bits per heavy atom. The van der Waals surface area contributed by atoms with Crippen molar-refractivity contribution >= 4 is 17.3 Å². The number of hydrogen-bond donors (Lipinski definition) is 1. The van der Waals surface area contributed by atoms with Crippen molar-refractivity contribution in [3.63, 3.8) is 0 Å². The van der Waals surface area contributed by atoms with E-state index in [0.29, 0.717) is 22.5 Å². The second-order valence-electron chi connectivity index (χ2n) is 6.23. The predicted molar refractivity (Wildman–Crippen MR) is 99.6 cm³/mol. The predicted octanol–water partition coefficient (Wildman–Crippen LogP) is 2.69. The van der Waals surface area contributed by atoms with Gasteiger partial charge < -0.3 is 14.6 Å². The van der Waals surface area contributed by atoms with Crippen LogP contribution in [0.2, 0.25) is 0 Å². The molecule has 0 aliphatic carbocycles. The molecule has 1 atom stereocenters. The van der Waals surface area contributed by atoms with Crippen molar-refractivity contribution in [2.45, 2.75) is 19.8 Å². The number of carbonyl (C=O) groups excluding carboxylic acids is 1. The summed E-state index contributed by atoms with van der Waals surface area (Å²) < 4.78 is 6.60. The normalized spacial score (nSPS) is 15.7. The largest absolute Gasteiger partial charge is 0.463 e. The van der Waals surface area contributed by atoms with Crippen molar-refractivity contribution in [1.82, 2.24) is 4.57 Å². The average molecular weight is 369 g/mol. The highest BCUT2D eigenvalue weighted by Gasteiger charge is 2.36. The molecule has 0 spiro atoms. The summed E-state index contributed by atoms with van der Waals surface area (Å²) >= 11 is 0. The van der Waals surface area contributed by atoms with Gasteiger partial charge in [0, 0.05) is 36.8 Å². The molecule has 2 heterocycles. The molecule has 0 bridgehead atoms. The van der Waals surface area contributed by atoms with Crippen molar-refractivity contribution < 1.29 is 14.5 Å². The smallest absolute Gasteiger partial charge is 0.336 e. The van der Waals surface area contributed by atoms with E-state index in [0.717, 1.165) is 0 Å². The molecule has 1 unspecified atom stereocenters. The number of anilines is 1. The lowest BCUT2D eigenvalue weighted by molar-refractivity contribution is -0.384. The maximum Gasteiger partial charge on any atom is 0.336 e. The molecule has 8 nitrogen and oxygen atoms in total. The Bertz CT molecular complexity index is 1020. The van der Waals surface area contributed by atoms with Gasteiger partial charge in [0.2, 0.25) is 0 Å². The zero-order chi connectivity index (χ0) is 19.7. The van der Waals surface area contributed by atoms with Gasteiger partial charge in [-0.05, 0) is 25.5 Å². The first-order valence-corrected chi connectivity index (χ1v) is 8.44. The minimum atomic E-state index is -0.764. The number of ether oxygens (including phenoxy) is 1. The summed E-state index contributed by atoms with van der Waals surface area (Å²) in [4.78, 5) is 36.2. The number of aromatic nitrogens is 1. The number of nitro benzene ring substituents is 1. The molecule has 1 N–H and O–H groups in total. The van der Waals surface area contributed by atoms with Gasteiger partial charge in [-0.25, -0.2) is 4.79 Å². The number of hydrogen-bond acceptors (Lipinski definition) is 6. The summed E-state index contributed by atoms with van der Waals surface area (Å²) in [7, 11) is 1.61. The third kappa shape index (κ3) is 3.21. The van der Waals surface area contributed by atoms with Crippen molar-refractivity contribution in [3.8, 4) is 0 Å². The topological polar surface area (TPSA) is 103 Å². The maximum atomic E-state index is 12.9. The molecule has 3 rings (SSSR count). The Kier molecular flexibility index (Phi) is 4.81. The monoisotopic (exact) mass is 369 g/mol. The molecular weight excluding hydrogens is 350 g/mol. The van der Waals surface area contributed by atoms with Crippen LogP contribution in [0.4, 0.5) is 11.4 Å². The Labute approximate surface area is 155 Å². The second-order valence-corrected chi connectivity index (χ2v) is 6.23. The van der Waals surface area contributed by atoms with Gasteiger partial charge >= 0.3 is 5.97 Å². The summed E-state index contributed by atoms with van der Waals surface area (Å²) in [6, 6.07) is 7.72. The summed E-state index contributed by atoms with van der Waals surface area (Å²) in [6.07, 6.45) is 1.63. The molecule has 0 radical (unpaired) electrons. The lowest BCUT2D eigenvalue weighted by Gasteiger charge is -2.29. The Hall–Kier alpha value is -3.42. The fourth-order valence-electron chi connectivity index (χ4n) is 3.30. The first-order chi connectivity index (χ1) is 12.8. The van der Waals surface area contributed by atoms with Gasteiger partial charge in [-0.15, -0.1) is 0 Å². The van der Waals surface area contributed by atoms with Crippen LogP contribution in [0.3, 0.4) is 0 Å². The molecule has 1 aromatic heterocycles. The van der Waals surface area contributed by atoms with E-state index in [1.165, 1.54) is 16.7 Å². The number of nitrogens with zero attached hydrogens (tertiary/aromatic N) is 2. The molecule has 8 heteroatoms. The van der Waals surface area contributed by atoms with Crippen molar-refractivity contribution in [1.29, 1.82) is 0 Å². The number of rotatable bonds is 4. The van der Waals surface area contributed by atoms with E-state index < -0.39 is 16.8 Å². The highest BCUT2D eigenvalue weighted by molar-refractivity contribution is 5.94. The number of esters is 1. The number of carbonyl (C=O) groups is 1. The van der Waals surface area contributed by atoms with E-state index in [1.54, 1.807) is 45.3 Å². The Morgan fingerprint density at radius 1 is 1.37 bits per heavy atom. The SMILES string of the molecule is CCOC(=O)C1=C(C)Nc2ccn(C)c(=O)c2C1c1cccc([N+](=O)[O-])c1. The van der Waals surface area contributed by atoms with Crippen LogP contribution in [0, 0.1) is 10.1 Å². The van der Waals surface area contributed by atoms with Crippen LogP contribution in [-0.2, 0) is 16.6 Å². The van der Waals surface area contributed by atoms with E-state index in [9.17, 15) is 19.7 Å². The van der Waals surface area contributed by atoms with Crippen LogP contribution < -0.4 is 10.9 Å². The minimum absolute atomic E-state index is 0.110. The highest BCUT2D eigenvalue weighted by atomic mass is 16.6. The lowest BCUT2D eigenvalue weighted by Crippen LogP contribution is -2.32. The number of nitro groups is 1. The first-order valence-electron chi connectivity index (χ1n) is 8.44. The van der Waals surface area contributed by atoms with Crippen LogP contribution in [-0.4, -0.2) is 22.1 Å². The van der Waals surface area contributed by atoms with Gasteiger partial charge in [-0.2, -0.15) is 0 Å². The maximum absolute atomic E-state index is 12.9. The van der Waals surface area contributed by atoms with Gasteiger partial charge in [0.1, 0.15) is 0 Å². The van der Waals surface area contributed by atoms with E-state index in [4.69, 9.17) is 4.74 Å². The Balaban J connectivity index is 2.30. The summed E-state index contributed by atoms with van der Waals surface area (Å²) in [5, 5.41) is 14.3. The zero-order valence-electron chi connectivity index (χ0n) is 15.2. The molecule has 2 aromatic rings. The number of aryl methyl sites for hydroxylation is 1. The minimum Gasteiger partial charge on any atom is -0.463 e. The number of allylic oxidation sites excluding steroid dienone is 1. The van der Waals surface area contributed by atoms with Crippen molar-refractivity contribution in [2.24, 2.45) is 7.05 Å². The molecule has 0 amide bonds. The first kappa shape index (κ1) is 18.4. The molecule has 1 aliphatic rings. The van der Waals surface area contributed by atoms with Crippen molar-refractivity contribution in [2.75, 3.05) is 11.9 Å². The standard InChI is InChI=1S/C19H19N3O5/c1-4-27-19(24)15-11(2)20-14-8-9-21(3)18(23)17(14)16(15)12-6-5-7-13(10-12)22(25)26/h5-10,16,20H,4H2,1-3H3. The number of fused-ring (bicyclic) bond motifs is 1. The van der Waals surface area contributed by atoms with Gasteiger partial charge in [0.05, 0.1) is 28.6 Å².